The van der Waals surface area contributed by atoms with Crippen molar-refractivity contribution in [2.24, 2.45) is 4.99 Å². The quantitative estimate of drug-likeness (QED) is 0.408. The number of aryl methyl sites for hydroxylation is 1. The van der Waals surface area contributed by atoms with Gasteiger partial charge in [-0.1, -0.05) is 47.5 Å². The Kier molecular flexibility index (Phi) is 7.74. The van der Waals surface area contributed by atoms with E-state index in [1.807, 2.05) is 49.4 Å². The lowest BCUT2D eigenvalue weighted by molar-refractivity contribution is -0.118. The highest BCUT2D eigenvalue weighted by molar-refractivity contribution is 8.18. The number of rotatable bonds is 7. The van der Waals surface area contributed by atoms with Crippen molar-refractivity contribution in [2.75, 3.05) is 19.0 Å². The van der Waals surface area contributed by atoms with Crippen LogP contribution >= 0.6 is 23.4 Å². The molecule has 0 bridgehead atoms. The molecule has 0 atom stereocenters. The topological polar surface area (TPSA) is 89.0 Å². The molecule has 0 spiro atoms. The Morgan fingerprint density at radius 1 is 1.14 bits per heavy atom. The monoisotopic (exact) mass is 507 g/mol. The Hall–Kier alpha value is -3.75. The van der Waals surface area contributed by atoms with Gasteiger partial charge in [-0.2, -0.15) is 0 Å². The third-order valence-electron chi connectivity index (χ3n) is 4.87. The zero-order valence-electron chi connectivity index (χ0n) is 19.0. The summed E-state index contributed by atoms with van der Waals surface area (Å²) in [5, 5.41) is 6.25. The molecule has 178 valence electrons. The lowest BCUT2D eigenvalue weighted by atomic mass is 10.2. The van der Waals surface area contributed by atoms with Crippen molar-refractivity contribution in [1.29, 1.82) is 0 Å². The van der Waals surface area contributed by atoms with Crippen molar-refractivity contribution in [2.45, 2.75) is 6.92 Å². The van der Waals surface area contributed by atoms with Gasteiger partial charge in [0.2, 0.25) is 0 Å². The van der Waals surface area contributed by atoms with Crippen LogP contribution in [0.2, 0.25) is 5.02 Å². The van der Waals surface area contributed by atoms with E-state index in [9.17, 15) is 9.59 Å². The smallest absolute Gasteiger partial charge is 0.264 e. The molecule has 2 N–H and O–H groups in total. The SMILES string of the molecule is COc1cc(/C=C2/SC(=Nc3ccc(C)cc3)NC2=O)cc(Cl)c1OCC(=O)Nc1ccccc1. The van der Waals surface area contributed by atoms with Crippen LogP contribution in [0.4, 0.5) is 11.4 Å². The molecule has 3 aromatic carbocycles. The van der Waals surface area contributed by atoms with Gasteiger partial charge in [-0.3, -0.25) is 9.59 Å². The molecular weight excluding hydrogens is 486 g/mol. The number of carbonyl (C=O) groups excluding carboxylic acids is 2. The largest absolute Gasteiger partial charge is 0.493 e. The number of para-hydroxylation sites is 1. The summed E-state index contributed by atoms with van der Waals surface area (Å²) in [6.07, 6.45) is 1.69. The second-order valence-electron chi connectivity index (χ2n) is 7.55. The van der Waals surface area contributed by atoms with Gasteiger partial charge in [0.25, 0.3) is 11.8 Å². The van der Waals surface area contributed by atoms with Crippen molar-refractivity contribution in [3.8, 4) is 11.5 Å². The summed E-state index contributed by atoms with van der Waals surface area (Å²) < 4.78 is 11.1. The molecule has 3 aromatic rings. The summed E-state index contributed by atoms with van der Waals surface area (Å²) in [6.45, 7) is 1.75. The molecule has 1 heterocycles. The predicted molar refractivity (Wildman–Crippen MR) is 141 cm³/mol. The average molecular weight is 508 g/mol. The first-order chi connectivity index (χ1) is 16.9. The number of amides is 2. The van der Waals surface area contributed by atoms with Crippen molar-refractivity contribution < 1.29 is 19.1 Å². The molecule has 0 radical (unpaired) electrons. The van der Waals surface area contributed by atoms with Gasteiger partial charge in [-0.05, 0) is 66.7 Å². The standard InChI is InChI=1S/C26H22ClN3O4S/c1-16-8-10-19(11-9-16)29-26-30-25(32)22(35-26)14-17-12-20(27)24(21(13-17)33-2)34-15-23(31)28-18-6-4-3-5-7-18/h3-14H,15H2,1-2H3,(H,28,31)(H,29,30,32)/b22-14+. The lowest BCUT2D eigenvalue weighted by Crippen LogP contribution is -2.20. The van der Waals surface area contributed by atoms with Gasteiger partial charge in [0.1, 0.15) is 0 Å². The van der Waals surface area contributed by atoms with Crippen molar-refractivity contribution in [3.05, 3.63) is 87.8 Å². The number of benzene rings is 3. The van der Waals surface area contributed by atoms with E-state index in [4.69, 9.17) is 21.1 Å². The number of halogens is 1. The first-order valence-corrected chi connectivity index (χ1v) is 11.8. The molecule has 35 heavy (non-hydrogen) atoms. The van der Waals surface area contributed by atoms with Gasteiger partial charge in [0.05, 0.1) is 22.7 Å². The van der Waals surface area contributed by atoms with Crippen LogP contribution in [0.5, 0.6) is 11.5 Å². The molecule has 4 rings (SSSR count). The summed E-state index contributed by atoms with van der Waals surface area (Å²) in [7, 11) is 1.48. The number of hydrogen-bond acceptors (Lipinski definition) is 6. The number of ether oxygens (including phenoxy) is 2. The Morgan fingerprint density at radius 3 is 2.60 bits per heavy atom. The third kappa shape index (κ3) is 6.44. The van der Waals surface area contributed by atoms with E-state index in [-0.39, 0.29) is 29.2 Å². The maximum atomic E-state index is 12.5. The summed E-state index contributed by atoms with van der Waals surface area (Å²) in [5.74, 6) is -0.00714. The fraction of sp³-hybridized carbons (Fsp3) is 0.115. The minimum absolute atomic E-state index is 0.240. The van der Waals surface area contributed by atoms with Gasteiger partial charge in [0.15, 0.2) is 23.3 Å². The van der Waals surface area contributed by atoms with Crippen LogP contribution in [0.3, 0.4) is 0 Å². The van der Waals surface area contributed by atoms with Crippen LogP contribution in [-0.2, 0) is 9.59 Å². The molecule has 0 aromatic heterocycles. The third-order valence-corrected chi connectivity index (χ3v) is 6.06. The molecule has 7 nitrogen and oxygen atoms in total. The Morgan fingerprint density at radius 2 is 1.89 bits per heavy atom. The number of nitrogens with zero attached hydrogens (tertiary/aromatic N) is 1. The maximum absolute atomic E-state index is 12.5. The van der Waals surface area contributed by atoms with Gasteiger partial charge in [-0.25, -0.2) is 4.99 Å². The first kappa shape index (κ1) is 24.4. The highest BCUT2D eigenvalue weighted by Crippen LogP contribution is 2.38. The fourth-order valence-electron chi connectivity index (χ4n) is 3.19. The maximum Gasteiger partial charge on any atom is 0.264 e. The molecular formula is C26H22ClN3O4S. The van der Waals surface area contributed by atoms with Gasteiger partial charge in [-0.15, -0.1) is 0 Å². The zero-order chi connectivity index (χ0) is 24.8. The molecule has 0 aliphatic carbocycles. The van der Waals surface area contributed by atoms with E-state index in [2.05, 4.69) is 15.6 Å². The van der Waals surface area contributed by atoms with Crippen molar-refractivity contribution in [3.63, 3.8) is 0 Å². The van der Waals surface area contributed by atoms with Gasteiger partial charge < -0.3 is 20.1 Å². The second kappa shape index (κ2) is 11.1. The molecule has 2 amide bonds. The molecule has 1 aliphatic rings. The Labute approximate surface area is 212 Å². The summed E-state index contributed by atoms with van der Waals surface area (Å²) >= 11 is 7.66. The lowest BCUT2D eigenvalue weighted by Gasteiger charge is -2.13. The molecule has 0 unspecified atom stereocenters. The molecule has 1 saturated heterocycles. The molecule has 1 fully saturated rings. The molecule has 9 heteroatoms. The highest BCUT2D eigenvalue weighted by Gasteiger charge is 2.24. The van der Waals surface area contributed by atoms with Crippen LogP contribution < -0.4 is 20.1 Å². The minimum atomic E-state index is -0.333. The molecule has 0 saturated carbocycles. The number of methoxy groups -OCH3 is 1. The van der Waals surface area contributed by atoms with Gasteiger partial charge >= 0.3 is 0 Å². The van der Waals surface area contributed by atoms with Crippen molar-refractivity contribution in [1.82, 2.24) is 5.32 Å². The van der Waals surface area contributed by atoms with E-state index in [1.54, 1.807) is 30.3 Å². The number of thioether (sulfide) groups is 1. The van der Waals surface area contributed by atoms with Crippen molar-refractivity contribution >= 4 is 57.8 Å². The van der Waals surface area contributed by atoms with Crippen LogP contribution in [0.1, 0.15) is 11.1 Å². The van der Waals surface area contributed by atoms with E-state index < -0.39 is 0 Å². The fourth-order valence-corrected chi connectivity index (χ4v) is 4.30. The van der Waals surface area contributed by atoms with Crippen LogP contribution in [0, 0.1) is 6.92 Å². The van der Waals surface area contributed by atoms with E-state index in [0.717, 1.165) is 11.3 Å². The molecule has 1 aliphatic heterocycles. The van der Waals surface area contributed by atoms with E-state index in [0.29, 0.717) is 27.1 Å². The summed E-state index contributed by atoms with van der Waals surface area (Å²) in [5.41, 5.74) is 3.19. The number of aliphatic imine (C=N–C) groups is 1. The Balaban J connectivity index is 1.47. The summed E-state index contributed by atoms with van der Waals surface area (Å²) in [4.78, 5) is 29.6. The van der Waals surface area contributed by atoms with Crippen LogP contribution in [0.25, 0.3) is 6.08 Å². The highest BCUT2D eigenvalue weighted by atomic mass is 35.5. The van der Waals surface area contributed by atoms with E-state index >= 15 is 0 Å². The average Bonchev–Trinajstić information content (AvgIpc) is 3.18. The second-order valence-corrected chi connectivity index (χ2v) is 8.99. The zero-order valence-corrected chi connectivity index (χ0v) is 20.6. The van der Waals surface area contributed by atoms with E-state index in [1.165, 1.54) is 18.9 Å². The normalized spacial score (nSPS) is 15.2. The number of amidine groups is 1. The van der Waals surface area contributed by atoms with Crippen LogP contribution in [0.15, 0.2) is 76.6 Å². The first-order valence-electron chi connectivity index (χ1n) is 10.6. The van der Waals surface area contributed by atoms with Gasteiger partial charge in [0, 0.05) is 5.69 Å². The minimum Gasteiger partial charge on any atom is -0.493 e. The summed E-state index contributed by atoms with van der Waals surface area (Å²) in [6, 6.07) is 20.1. The Bertz CT molecular complexity index is 1310. The predicted octanol–water partition coefficient (Wildman–Crippen LogP) is 5.57. The number of nitrogens with one attached hydrogen (secondary N) is 2. The number of carbonyl (C=O) groups is 2. The van der Waals surface area contributed by atoms with Crippen LogP contribution in [-0.4, -0.2) is 30.7 Å². The number of anilines is 1. The number of hydrogen-bond donors (Lipinski definition) is 2.